The molecule has 0 bridgehead atoms. The molecular formula is C19H17NO3. The van der Waals surface area contributed by atoms with Crippen LogP contribution in [-0.4, -0.2) is 22.5 Å². The summed E-state index contributed by atoms with van der Waals surface area (Å²) in [5, 5.41) is 9.86. The molecule has 0 spiro atoms. The second kappa shape index (κ2) is 6.08. The molecule has 0 saturated carbocycles. The third-order valence-corrected chi connectivity index (χ3v) is 3.91. The molecule has 4 heteroatoms. The fourth-order valence-corrected chi connectivity index (χ4v) is 2.78. The normalized spacial score (nSPS) is 23.0. The summed E-state index contributed by atoms with van der Waals surface area (Å²) in [6.45, 7) is 3.69. The topological polar surface area (TPSA) is 58.9 Å². The molecule has 0 aromatic heterocycles. The summed E-state index contributed by atoms with van der Waals surface area (Å²) in [6.07, 6.45) is 1.08. The summed E-state index contributed by atoms with van der Waals surface area (Å²) in [5.74, 6) is -0.666. The van der Waals surface area contributed by atoms with Gasteiger partial charge >= 0.3 is 5.97 Å². The number of carbonyl (C=O) groups is 1. The first-order chi connectivity index (χ1) is 11.2. The third-order valence-electron chi connectivity index (χ3n) is 3.91. The largest absolute Gasteiger partial charge is 0.479 e. The standard InChI is InChI=1S/C19H17NO3/c1-2-13-19(18(21)22)16(14-9-5-3-6-10-14)23-17(20-19)15-11-7-4-8-12-15/h2-12,16H,1,13H2,(H,21,22)/t16-,19+/m0/s1. The maximum absolute atomic E-state index is 12.0. The second-order valence-corrected chi connectivity index (χ2v) is 5.41. The molecule has 0 unspecified atom stereocenters. The van der Waals surface area contributed by atoms with Gasteiger partial charge < -0.3 is 9.84 Å². The van der Waals surface area contributed by atoms with Gasteiger partial charge in [-0.25, -0.2) is 9.79 Å². The minimum absolute atomic E-state index is 0.193. The van der Waals surface area contributed by atoms with Crippen molar-refractivity contribution in [3.05, 3.63) is 84.4 Å². The van der Waals surface area contributed by atoms with Crippen molar-refractivity contribution in [1.82, 2.24) is 0 Å². The zero-order valence-corrected chi connectivity index (χ0v) is 12.6. The molecule has 116 valence electrons. The van der Waals surface area contributed by atoms with E-state index < -0.39 is 17.6 Å². The van der Waals surface area contributed by atoms with E-state index in [2.05, 4.69) is 11.6 Å². The number of carboxylic acids is 1. The maximum Gasteiger partial charge on any atom is 0.336 e. The molecule has 0 saturated heterocycles. The smallest absolute Gasteiger partial charge is 0.336 e. The fourth-order valence-electron chi connectivity index (χ4n) is 2.78. The number of aliphatic imine (C=N–C) groups is 1. The van der Waals surface area contributed by atoms with Gasteiger partial charge in [0.2, 0.25) is 11.4 Å². The number of carboxylic acid groups (broad SMARTS) is 1. The summed E-state index contributed by atoms with van der Waals surface area (Å²) in [5.41, 5.74) is 0.154. The Morgan fingerprint density at radius 1 is 1.17 bits per heavy atom. The van der Waals surface area contributed by atoms with Crippen LogP contribution in [0.25, 0.3) is 0 Å². The number of aliphatic carboxylic acids is 1. The maximum atomic E-state index is 12.0. The van der Waals surface area contributed by atoms with Crippen LogP contribution in [0.3, 0.4) is 0 Å². The molecule has 1 aliphatic rings. The number of benzene rings is 2. The molecule has 3 rings (SSSR count). The van der Waals surface area contributed by atoms with E-state index in [4.69, 9.17) is 4.74 Å². The van der Waals surface area contributed by atoms with E-state index in [1.165, 1.54) is 0 Å². The Morgan fingerprint density at radius 2 is 1.78 bits per heavy atom. The van der Waals surface area contributed by atoms with E-state index >= 15 is 0 Å². The molecule has 0 radical (unpaired) electrons. The highest BCUT2D eigenvalue weighted by Crippen LogP contribution is 2.42. The van der Waals surface area contributed by atoms with Crippen LogP contribution >= 0.6 is 0 Å². The van der Waals surface area contributed by atoms with E-state index in [1.54, 1.807) is 6.08 Å². The highest BCUT2D eigenvalue weighted by molar-refractivity contribution is 5.99. The minimum Gasteiger partial charge on any atom is -0.479 e. The number of ether oxygens (including phenoxy) is 1. The highest BCUT2D eigenvalue weighted by atomic mass is 16.5. The summed E-state index contributed by atoms with van der Waals surface area (Å²) in [4.78, 5) is 16.5. The van der Waals surface area contributed by atoms with Crippen LogP contribution < -0.4 is 0 Å². The number of nitrogens with zero attached hydrogens (tertiary/aromatic N) is 1. The SMILES string of the molecule is C=CC[C@@]1(C(=O)O)N=C(c2ccccc2)O[C@H]1c1ccccc1. The van der Waals surface area contributed by atoms with Crippen molar-refractivity contribution in [2.75, 3.05) is 0 Å². The van der Waals surface area contributed by atoms with Crippen LogP contribution in [0.4, 0.5) is 0 Å². The molecule has 2 aromatic carbocycles. The van der Waals surface area contributed by atoms with Crippen LogP contribution in [-0.2, 0) is 9.53 Å². The number of rotatable bonds is 5. The van der Waals surface area contributed by atoms with Crippen molar-refractivity contribution in [3.63, 3.8) is 0 Å². The van der Waals surface area contributed by atoms with Crippen LogP contribution in [0.2, 0.25) is 0 Å². The average molecular weight is 307 g/mol. The molecular weight excluding hydrogens is 290 g/mol. The van der Waals surface area contributed by atoms with E-state index in [1.807, 2.05) is 60.7 Å². The van der Waals surface area contributed by atoms with Crippen molar-refractivity contribution in [2.45, 2.75) is 18.1 Å². The Bertz CT molecular complexity index is 740. The molecule has 2 atom stereocenters. The first-order valence-corrected chi connectivity index (χ1v) is 7.38. The van der Waals surface area contributed by atoms with Crippen molar-refractivity contribution in [3.8, 4) is 0 Å². The van der Waals surface area contributed by atoms with Gasteiger partial charge in [0.1, 0.15) is 0 Å². The quantitative estimate of drug-likeness (QED) is 0.859. The lowest BCUT2D eigenvalue weighted by Gasteiger charge is -2.26. The van der Waals surface area contributed by atoms with Gasteiger partial charge in [-0.05, 0) is 17.7 Å². The zero-order chi connectivity index (χ0) is 16.3. The second-order valence-electron chi connectivity index (χ2n) is 5.41. The summed E-state index contributed by atoms with van der Waals surface area (Å²) in [7, 11) is 0. The molecule has 0 amide bonds. The molecule has 0 fully saturated rings. The molecule has 1 heterocycles. The fraction of sp³-hybridized carbons (Fsp3) is 0.158. The Kier molecular flexibility index (Phi) is 3.98. The molecule has 1 N–H and O–H groups in total. The molecule has 23 heavy (non-hydrogen) atoms. The molecule has 0 aliphatic carbocycles. The number of hydrogen-bond donors (Lipinski definition) is 1. The zero-order valence-electron chi connectivity index (χ0n) is 12.6. The Hall–Kier alpha value is -2.88. The summed E-state index contributed by atoms with van der Waals surface area (Å²) in [6, 6.07) is 18.7. The van der Waals surface area contributed by atoms with Gasteiger partial charge in [-0.2, -0.15) is 0 Å². The van der Waals surface area contributed by atoms with Crippen LogP contribution in [0.5, 0.6) is 0 Å². The van der Waals surface area contributed by atoms with Crippen molar-refractivity contribution in [2.24, 2.45) is 4.99 Å². The van der Waals surface area contributed by atoms with Gasteiger partial charge in [-0.1, -0.05) is 54.6 Å². The van der Waals surface area contributed by atoms with Gasteiger partial charge in [-0.3, -0.25) is 0 Å². The van der Waals surface area contributed by atoms with E-state index in [-0.39, 0.29) is 6.42 Å². The molecule has 1 aliphatic heterocycles. The van der Waals surface area contributed by atoms with Gasteiger partial charge in [-0.15, -0.1) is 6.58 Å². The molecule has 4 nitrogen and oxygen atoms in total. The first-order valence-electron chi connectivity index (χ1n) is 7.38. The van der Waals surface area contributed by atoms with Crippen molar-refractivity contribution < 1.29 is 14.6 Å². The average Bonchev–Trinajstić information content (AvgIpc) is 2.98. The van der Waals surface area contributed by atoms with Gasteiger partial charge in [0.25, 0.3) is 0 Å². The van der Waals surface area contributed by atoms with Gasteiger partial charge in [0.05, 0.1) is 0 Å². The Balaban J connectivity index is 2.10. The van der Waals surface area contributed by atoms with E-state index in [0.717, 1.165) is 11.1 Å². The van der Waals surface area contributed by atoms with Crippen LogP contribution in [0, 0.1) is 0 Å². The lowest BCUT2D eigenvalue weighted by atomic mass is 9.85. The minimum atomic E-state index is -1.39. The first kappa shape index (κ1) is 15.0. The Labute approximate surface area is 134 Å². The van der Waals surface area contributed by atoms with Crippen molar-refractivity contribution in [1.29, 1.82) is 0 Å². The number of hydrogen-bond acceptors (Lipinski definition) is 3. The van der Waals surface area contributed by atoms with E-state index in [0.29, 0.717) is 5.90 Å². The summed E-state index contributed by atoms with van der Waals surface area (Å²) < 4.78 is 5.98. The van der Waals surface area contributed by atoms with Gasteiger partial charge in [0, 0.05) is 12.0 Å². The molecule has 2 aromatic rings. The van der Waals surface area contributed by atoms with Gasteiger partial charge in [0.15, 0.2) is 6.10 Å². The lowest BCUT2D eigenvalue weighted by molar-refractivity contribution is -0.146. The van der Waals surface area contributed by atoms with Crippen LogP contribution in [0.15, 0.2) is 78.3 Å². The monoisotopic (exact) mass is 307 g/mol. The van der Waals surface area contributed by atoms with Crippen LogP contribution in [0.1, 0.15) is 23.7 Å². The van der Waals surface area contributed by atoms with Crippen molar-refractivity contribution >= 4 is 11.9 Å². The lowest BCUT2D eigenvalue weighted by Crippen LogP contribution is -2.40. The highest BCUT2D eigenvalue weighted by Gasteiger charge is 2.52. The van der Waals surface area contributed by atoms with E-state index in [9.17, 15) is 9.90 Å². The predicted molar refractivity (Wildman–Crippen MR) is 88.4 cm³/mol. The predicted octanol–water partition coefficient (Wildman–Crippen LogP) is 3.60. The Morgan fingerprint density at radius 3 is 2.35 bits per heavy atom. The summed E-state index contributed by atoms with van der Waals surface area (Å²) >= 11 is 0. The third kappa shape index (κ3) is 2.63.